The molecule has 0 bridgehead atoms. The highest BCUT2D eigenvalue weighted by Gasteiger charge is 2.11. The number of carbonyl (C=O) groups is 2. The fraction of sp³-hybridized carbons (Fsp3) is 0.312. The van der Waals surface area contributed by atoms with Crippen LogP contribution in [0.5, 0.6) is 0 Å². The molecule has 1 aromatic heterocycles. The molecule has 8 nitrogen and oxygen atoms in total. The predicted molar refractivity (Wildman–Crippen MR) is 93.6 cm³/mol. The van der Waals surface area contributed by atoms with Crippen LogP contribution in [-0.4, -0.2) is 38.9 Å². The van der Waals surface area contributed by atoms with E-state index in [1.807, 2.05) is 13.8 Å². The zero-order valence-electron chi connectivity index (χ0n) is 13.8. The molecule has 2 aromatic rings. The van der Waals surface area contributed by atoms with Crippen molar-refractivity contribution in [2.75, 3.05) is 11.1 Å². The maximum absolute atomic E-state index is 11.9. The quantitative estimate of drug-likeness (QED) is 0.570. The van der Waals surface area contributed by atoms with Crippen molar-refractivity contribution in [1.82, 2.24) is 15.2 Å². The van der Waals surface area contributed by atoms with Crippen LogP contribution in [0.1, 0.15) is 30.6 Å². The van der Waals surface area contributed by atoms with Crippen LogP contribution in [0, 0.1) is 0 Å². The van der Waals surface area contributed by atoms with Gasteiger partial charge in [-0.3, -0.25) is 14.6 Å². The maximum atomic E-state index is 11.9. The Morgan fingerprint density at radius 2 is 2.04 bits per heavy atom. The number of rotatable bonds is 7. The lowest BCUT2D eigenvalue weighted by Gasteiger charge is -2.11. The number of benzene rings is 1. The van der Waals surface area contributed by atoms with Crippen molar-refractivity contribution >= 4 is 29.3 Å². The van der Waals surface area contributed by atoms with E-state index in [4.69, 9.17) is 4.74 Å². The largest absolute Gasteiger partial charge is 0.459 e. The molecule has 0 radical (unpaired) electrons. The van der Waals surface area contributed by atoms with Gasteiger partial charge in [0.25, 0.3) is 5.56 Å². The smallest absolute Gasteiger partial charge is 0.338 e. The van der Waals surface area contributed by atoms with E-state index >= 15 is 0 Å². The first-order valence-corrected chi connectivity index (χ1v) is 8.62. The first kappa shape index (κ1) is 18.7. The number of amides is 1. The number of thioether (sulfide) groups is 1. The molecule has 1 amide bonds. The van der Waals surface area contributed by atoms with Gasteiger partial charge in [-0.05, 0) is 37.6 Å². The molecule has 0 aliphatic carbocycles. The van der Waals surface area contributed by atoms with Gasteiger partial charge in [-0.15, -0.1) is 5.10 Å². The number of aromatic nitrogens is 3. The van der Waals surface area contributed by atoms with E-state index in [9.17, 15) is 14.4 Å². The summed E-state index contributed by atoms with van der Waals surface area (Å²) in [4.78, 5) is 37.3. The SMILES string of the molecule is CC[C@@H](C)OC(=O)c1ccc(NC(=O)CSc2nncc(=O)[nH]2)cc1. The lowest BCUT2D eigenvalue weighted by Crippen LogP contribution is -2.16. The third kappa shape index (κ3) is 6.03. The summed E-state index contributed by atoms with van der Waals surface area (Å²) in [6, 6.07) is 6.43. The number of nitrogens with zero attached hydrogens (tertiary/aromatic N) is 2. The van der Waals surface area contributed by atoms with Crippen molar-refractivity contribution in [1.29, 1.82) is 0 Å². The summed E-state index contributed by atoms with van der Waals surface area (Å²) in [5.74, 6) is -0.604. The van der Waals surface area contributed by atoms with Gasteiger partial charge in [0.15, 0.2) is 5.16 Å². The van der Waals surface area contributed by atoms with Gasteiger partial charge in [0.1, 0.15) is 6.20 Å². The van der Waals surface area contributed by atoms with Gasteiger partial charge in [-0.1, -0.05) is 18.7 Å². The second-order valence-corrected chi connectivity index (χ2v) is 6.14. The Morgan fingerprint density at radius 3 is 2.68 bits per heavy atom. The number of hydrogen-bond acceptors (Lipinski definition) is 7. The molecule has 0 fully saturated rings. The number of nitrogens with one attached hydrogen (secondary N) is 2. The summed E-state index contributed by atoms with van der Waals surface area (Å²) in [5, 5.41) is 10.2. The molecule has 2 N–H and O–H groups in total. The van der Waals surface area contributed by atoms with Crippen molar-refractivity contribution in [3.63, 3.8) is 0 Å². The summed E-state index contributed by atoms with van der Waals surface area (Å²) >= 11 is 1.06. The molecule has 0 saturated carbocycles. The van der Waals surface area contributed by atoms with Crippen molar-refractivity contribution in [2.45, 2.75) is 31.5 Å². The second kappa shape index (κ2) is 8.97. The normalized spacial score (nSPS) is 11.6. The molecule has 1 aromatic carbocycles. The van der Waals surface area contributed by atoms with E-state index in [1.54, 1.807) is 24.3 Å². The van der Waals surface area contributed by atoms with Gasteiger partial charge >= 0.3 is 5.97 Å². The minimum Gasteiger partial charge on any atom is -0.459 e. The van der Waals surface area contributed by atoms with Crippen molar-refractivity contribution < 1.29 is 14.3 Å². The molecule has 1 atom stereocenters. The second-order valence-electron chi connectivity index (χ2n) is 5.18. The van der Waals surface area contributed by atoms with Gasteiger partial charge in [0.05, 0.1) is 17.4 Å². The monoisotopic (exact) mass is 362 g/mol. The zero-order valence-corrected chi connectivity index (χ0v) is 14.6. The van der Waals surface area contributed by atoms with Gasteiger partial charge < -0.3 is 10.1 Å². The van der Waals surface area contributed by atoms with Crippen molar-refractivity contribution in [3.8, 4) is 0 Å². The molecule has 0 aliphatic rings. The van der Waals surface area contributed by atoms with Crippen LogP contribution in [-0.2, 0) is 9.53 Å². The fourth-order valence-electron chi connectivity index (χ4n) is 1.72. The molecular weight excluding hydrogens is 344 g/mol. The van der Waals surface area contributed by atoms with Gasteiger partial charge in [0.2, 0.25) is 5.91 Å². The van der Waals surface area contributed by atoms with Crippen molar-refractivity contribution in [2.24, 2.45) is 0 Å². The number of carbonyl (C=O) groups excluding carboxylic acids is 2. The third-order valence-corrected chi connectivity index (χ3v) is 4.04. The molecular formula is C16H18N4O4S. The third-order valence-electron chi connectivity index (χ3n) is 3.18. The molecule has 0 saturated heterocycles. The number of hydrogen-bond donors (Lipinski definition) is 2. The highest BCUT2D eigenvalue weighted by molar-refractivity contribution is 7.99. The van der Waals surface area contributed by atoms with Crippen LogP contribution in [0.25, 0.3) is 0 Å². The Kier molecular flexibility index (Phi) is 6.70. The number of esters is 1. The highest BCUT2D eigenvalue weighted by Crippen LogP contribution is 2.14. The zero-order chi connectivity index (χ0) is 18.2. The van der Waals surface area contributed by atoms with E-state index in [0.717, 1.165) is 24.4 Å². The molecule has 0 spiro atoms. The van der Waals surface area contributed by atoms with Gasteiger partial charge in [-0.25, -0.2) is 4.79 Å². The van der Waals surface area contributed by atoms with Crippen LogP contribution in [0.3, 0.4) is 0 Å². The molecule has 132 valence electrons. The molecule has 0 unspecified atom stereocenters. The average molecular weight is 362 g/mol. The van der Waals surface area contributed by atoms with Crippen LogP contribution in [0.4, 0.5) is 5.69 Å². The molecule has 25 heavy (non-hydrogen) atoms. The highest BCUT2D eigenvalue weighted by atomic mass is 32.2. The number of anilines is 1. The first-order valence-electron chi connectivity index (χ1n) is 7.63. The molecule has 0 aliphatic heterocycles. The maximum Gasteiger partial charge on any atom is 0.338 e. The first-order chi connectivity index (χ1) is 12.0. The van der Waals surface area contributed by atoms with Gasteiger partial charge in [-0.2, -0.15) is 5.10 Å². The summed E-state index contributed by atoms with van der Waals surface area (Å²) in [7, 11) is 0. The summed E-state index contributed by atoms with van der Waals surface area (Å²) in [6.45, 7) is 3.76. The lowest BCUT2D eigenvalue weighted by atomic mass is 10.2. The van der Waals surface area contributed by atoms with E-state index in [-0.39, 0.29) is 28.5 Å². The predicted octanol–water partition coefficient (Wildman–Crippen LogP) is 1.85. The Balaban J connectivity index is 1.86. The summed E-state index contributed by atoms with van der Waals surface area (Å²) in [5.41, 5.74) is 0.598. The summed E-state index contributed by atoms with van der Waals surface area (Å²) < 4.78 is 5.23. The van der Waals surface area contributed by atoms with Crippen LogP contribution in [0.2, 0.25) is 0 Å². The Bertz CT molecular complexity index is 791. The summed E-state index contributed by atoms with van der Waals surface area (Å²) in [6.07, 6.45) is 1.66. The van der Waals surface area contributed by atoms with Crippen LogP contribution in [0.15, 0.2) is 40.4 Å². The Hall–Kier alpha value is -2.68. The van der Waals surface area contributed by atoms with Crippen molar-refractivity contribution in [3.05, 3.63) is 46.4 Å². The van der Waals surface area contributed by atoms with Gasteiger partial charge in [0, 0.05) is 5.69 Å². The van der Waals surface area contributed by atoms with Crippen LogP contribution < -0.4 is 10.9 Å². The molecule has 9 heteroatoms. The molecule has 2 rings (SSSR count). The van der Waals surface area contributed by atoms with E-state index in [0.29, 0.717) is 11.3 Å². The Labute approximate surface area is 148 Å². The fourth-order valence-corrected chi connectivity index (χ4v) is 2.33. The number of ether oxygens (including phenoxy) is 1. The van der Waals surface area contributed by atoms with Crippen LogP contribution >= 0.6 is 11.8 Å². The average Bonchev–Trinajstić information content (AvgIpc) is 2.60. The standard InChI is InChI=1S/C16H18N4O4S/c1-3-10(2)24-15(23)11-4-6-12(7-5-11)18-14(22)9-25-16-19-13(21)8-17-20-16/h4-8,10H,3,9H2,1-2H3,(H,18,22)(H,19,20,21)/t10-/m1/s1. The lowest BCUT2D eigenvalue weighted by molar-refractivity contribution is -0.113. The minimum absolute atomic E-state index is 0.0619. The minimum atomic E-state index is -0.394. The van der Waals surface area contributed by atoms with E-state index in [1.165, 1.54) is 0 Å². The van der Waals surface area contributed by atoms with E-state index < -0.39 is 5.97 Å². The number of H-pyrrole nitrogens is 1. The van der Waals surface area contributed by atoms with E-state index in [2.05, 4.69) is 20.5 Å². The molecule has 1 heterocycles. The number of aromatic amines is 1. The Morgan fingerprint density at radius 1 is 1.32 bits per heavy atom. The topological polar surface area (TPSA) is 114 Å².